The van der Waals surface area contributed by atoms with Crippen LogP contribution in [0.2, 0.25) is 0 Å². The summed E-state index contributed by atoms with van der Waals surface area (Å²) in [6, 6.07) is 1.04. The number of nitrogens with one attached hydrogen (secondary N) is 1. The number of imidazole rings is 1. The fraction of sp³-hybridized carbons (Fsp3) is 0.684. The third-order valence-electron chi connectivity index (χ3n) is 5.64. The summed E-state index contributed by atoms with van der Waals surface area (Å²) in [5.41, 5.74) is 0.862. The van der Waals surface area contributed by atoms with Crippen molar-refractivity contribution in [2.45, 2.75) is 69.9 Å². The first-order chi connectivity index (χ1) is 12.3. The Kier molecular flexibility index (Phi) is 5.36. The molecule has 1 aliphatic heterocycles. The molecule has 1 N–H and O–H groups in total. The lowest BCUT2D eigenvalue weighted by molar-refractivity contribution is -0.121. The molecular formula is C19H28N4OS. The normalized spacial score (nSPS) is 23.6. The molecule has 0 spiro atoms. The van der Waals surface area contributed by atoms with Crippen LogP contribution in [-0.4, -0.2) is 45.4 Å². The van der Waals surface area contributed by atoms with Crippen LogP contribution in [0.3, 0.4) is 0 Å². The molecule has 4 rings (SSSR count). The van der Waals surface area contributed by atoms with Gasteiger partial charge < -0.3 is 5.32 Å². The van der Waals surface area contributed by atoms with E-state index in [0.717, 1.165) is 29.7 Å². The molecule has 2 aromatic rings. The number of carbonyl (C=O) groups is 1. The average Bonchev–Trinajstić information content (AvgIpc) is 3.06. The Bertz CT molecular complexity index is 673. The molecule has 2 aromatic heterocycles. The Morgan fingerprint density at radius 2 is 2.04 bits per heavy atom. The van der Waals surface area contributed by atoms with Crippen molar-refractivity contribution in [3.05, 3.63) is 23.5 Å². The first kappa shape index (κ1) is 17.0. The van der Waals surface area contributed by atoms with Gasteiger partial charge in [0, 0.05) is 36.4 Å². The van der Waals surface area contributed by atoms with E-state index in [2.05, 4.69) is 15.2 Å². The van der Waals surface area contributed by atoms with Gasteiger partial charge >= 0.3 is 0 Å². The topological polar surface area (TPSA) is 49.6 Å². The molecule has 0 aromatic carbocycles. The Morgan fingerprint density at radius 1 is 1.20 bits per heavy atom. The Morgan fingerprint density at radius 3 is 2.84 bits per heavy atom. The summed E-state index contributed by atoms with van der Waals surface area (Å²) in [5.74, 6) is 0.110. The number of amides is 1. The predicted octanol–water partition coefficient (Wildman–Crippen LogP) is 3.24. The molecule has 1 aliphatic carbocycles. The Balaban J connectivity index is 1.30. The fourth-order valence-corrected chi connectivity index (χ4v) is 5.10. The van der Waals surface area contributed by atoms with E-state index in [-0.39, 0.29) is 5.91 Å². The average molecular weight is 361 g/mol. The van der Waals surface area contributed by atoms with E-state index in [1.165, 1.54) is 51.5 Å². The zero-order chi connectivity index (χ0) is 17.1. The number of thiazole rings is 1. The van der Waals surface area contributed by atoms with Gasteiger partial charge in [-0.1, -0.05) is 25.7 Å². The van der Waals surface area contributed by atoms with Crippen molar-refractivity contribution in [3.8, 4) is 0 Å². The number of aromatic nitrogens is 2. The Hall–Kier alpha value is -1.40. The van der Waals surface area contributed by atoms with Crippen molar-refractivity contribution in [2.24, 2.45) is 0 Å². The maximum Gasteiger partial charge on any atom is 0.226 e. The maximum absolute atomic E-state index is 12.4. The SMILES string of the molecule is O=C(Cc1cn2ccsc2n1)NC1CCCN(C2CCCCCC2)C1. The highest BCUT2D eigenvalue weighted by atomic mass is 32.1. The van der Waals surface area contributed by atoms with E-state index in [1.807, 2.05) is 22.2 Å². The van der Waals surface area contributed by atoms with Crippen molar-refractivity contribution in [2.75, 3.05) is 13.1 Å². The first-order valence-electron chi connectivity index (χ1n) is 9.72. The zero-order valence-corrected chi connectivity index (χ0v) is 15.6. The standard InChI is InChI=1S/C19H28N4OS/c24-18(12-16-14-23-10-11-25-19(23)21-16)20-15-6-5-9-22(13-15)17-7-3-1-2-4-8-17/h10-11,14-15,17H,1-9,12-13H2,(H,20,24). The maximum atomic E-state index is 12.4. The molecule has 5 nitrogen and oxygen atoms in total. The number of likely N-dealkylation sites (tertiary alicyclic amines) is 1. The van der Waals surface area contributed by atoms with Crippen LogP contribution >= 0.6 is 11.3 Å². The smallest absolute Gasteiger partial charge is 0.226 e. The number of hydrogen-bond acceptors (Lipinski definition) is 4. The molecule has 2 aliphatic rings. The lowest BCUT2D eigenvalue weighted by atomic mass is 10.00. The van der Waals surface area contributed by atoms with E-state index in [4.69, 9.17) is 0 Å². The van der Waals surface area contributed by atoms with Crippen molar-refractivity contribution in [1.82, 2.24) is 19.6 Å². The lowest BCUT2D eigenvalue weighted by Gasteiger charge is -2.38. The minimum Gasteiger partial charge on any atom is -0.352 e. The monoisotopic (exact) mass is 360 g/mol. The third-order valence-corrected chi connectivity index (χ3v) is 6.41. The van der Waals surface area contributed by atoms with Crippen LogP contribution in [0, 0.1) is 0 Å². The molecule has 3 heterocycles. The van der Waals surface area contributed by atoms with Gasteiger partial charge in [-0.2, -0.15) is 0 Å². The van der Waals surface area contributed by atoms with Crippen LogP contribution in [0.5, 0.6) is 0 Å². The molecule has 136 valence electrons. The number of nitrogens with zero attached hydrogens (tertiary/aromatic N) is 3. The van der Waals surface area contributed by atoms with Gasteiger partial charge in [0.05, 0.1) is 12.1 Å². The fourth-order valence-electron chi connectivity index (χ4n) is 4.38. The molecule has 0 bridgehead atoms. The molecule has 6 heteroatoms. The number of rotatable bonds is 4. The first-order valence-corrected chi connectivity index (χ1v) is 10.6. The highest BCUT2D eigenvalue weighted by Gasteiger charge is 2.27. The van der Waals surface area contributed by atoms with Gasteiger partial charge in [-0.05, 0) is 32.2 Å². The van der Waals surface area contributed by atoms with Crippen LogP contribution in [-0.2, 0) is 11.2 Å². The largest absolute Gasteiger partial charge is 0.352 e. The van der Waals surface area contributed by atoms with Crippen LogP contribution in [0.25, 0.3) is 4.96 Å². The molecule has 1 saturated heterocycles. The van der Waals surface area contributed by atoms with Crippen molar-refractivity contribution in [1.29, 1.82) is 0 Å². The second-order valence-corrected chi connectivity index (χ2v) is 8.42. The minimum absolute atomic E-state index is 0.110. The highest BCUT2D eigenvalue weighted by molar-refractivity contribution is 7.15. The van der Waals surface area contributed by atoms with Crippen LogP contribution in [0.15, 0.2) is 17.8 Å². The molecule has 0 radical (unpaired) electrons. The van der Waals surface area contributed by atoms with Crippen LogP contribution < -0.4 is 5.32 Å². The summed E-state index contributed by atoms with van der Waals surface area (Å²) in [4.78, 5) is 20.6. The summed E-state index contributed by atoms with van der Waals surface area (Å²) in [7, 11) is 0. The summed E-state index contributed by atoms with van der Waals surface area (Å²) in [6.07, 6.45) is 14.8. The third kappa shape index (κ3) is 4.23. The van der Waals surface area contributed by atoms with Crippen LogP contribution in [0.1, 0.15) is 57.1 Å². The second-order valence-electron chi connectivity index (χ2n) is 7.55. The summed E-state index contributed by atoms with van der Waals surface area (Å²) < 4.78 is 1.99. The number of hydrogen-bond donors (Lipinski definition) is 1. The summed E-state index contributed by atoms with van der Waals surface area (Å²) in [5, 5.41) is 5.27. The Labute approximate surface area is 153 Å². The highest BCUT2D eigenvalue weighted by Crippen LogP contribution is 2.24. The molecule has 1 amide bonds. The molecule has 1 unspecified atom stereocenters. The molecule has 2 fully saturated rings. The van der Waals surface area contributed by atoms with Gasteiger partial charge in [0.15, 0.2) is 4.96 Å². The van der Waals surface area contributed by atoms with Gasteiger partial charge in [-0.25, -0.2) is 4.98 Å². The quantitative estimate of drug-likeness (QED) is 0.852. The van der Waals surface area contributed by atoms with Gasteiger partial charge in [-0.15, -0.1) is 11.3 Å². The van der Waals surface area contributed by atoms with Gasteiger partial charge in [0.1, 0.15) is 0 Å². The number of fused-ring (bicyclic) bond motifs is 1. The predicted molar refractivity (Wildman–Crippen MR) is 101 cm³/mol. The molecular weight excluding hydrogens is 332 g/mol. The molecule has 25 heavy (non-hydrogen) atoms. The molecule has 1 atom stereocenters. The molecule has 1 saturated carbocycles. The summed E-state index contributed by atoms with van der Waals surface area (Å²) in [6.45, 7) is 2.23. The van der Waals surface area contributed by atoms with E-state index in [0.29, 0.717) is 12.5 Å². The van der Waals surface area contributed by atoms with Gasteiger partial charge in [-0.3, -0.25) is 14.1 Å². The van der Waals surface area contributed by atoms with Gasteiger partial charge in [0.2, 0.25) is 5.91 Å². The van der Waals surface area contributed by atoms with Crippen molar-refractivity contribution < 1.29 is 4.79 Å². The van der Waals surface area contributed by atoms with Crippen molar-refractivity contribution in [3.63, 3.8) is 0 Å². The van der Waals surface area contributed by atoms with Crippen LogP contribution in [0.4, 0.5) is 0 Å². The minimum atomic E-state index is 0.110. The van der Waals surface area contributed by atoms with E-state index < -0.39 is 0 Å². The second kappa shape index (κ2) is 7.87. The zero-order valence-electron chi connectivity index (χ0n) is 14.8. The van der Waals surface area contributed by atoms with E-state index in [1.54, 1.807) is 11.3 Å². The lowest BCUT2D eigenvalue weighted by Crippen LogP contribution is -2.51. The van der Waals surface area contributed by atoms with E-state index in [9.17, 15) is 4.79 Å². The summed E-state index contributed by atoms with van der Waals surface area (Å²) >= 11 is 1.60. The van der Waals surface area contributed by atoms with E-state index >= 15 is 0 Å². The van der Waals surface area contributed by atoms with Gasteiger partial charge in [0.25, 0.3) is 0 Å². The number of piperidine rings is 1. The van der Waals surface area contributed by atoms with Crippen molar-refractivity contribution >= 4 is 22.2 Å². The number of carbonyl (C=O) groups excluding carboxylic acids is 1.